The fraction of sp³-hybridized carbons (Fsp3) is 0. The van der Waals surface area contributed by atoms with Gasteiger partial charge in [0.1, 0.15) is 5.82 Å². The van der Waals surface area contributed by atoms with Gasteiger partial charge in [-0.3, -0.25) is 14.9 Å². The number of rotatable bonds is 4. The number of carbonyl (C=O) groups is 1. The number of halogens is 1. The molecular weight excluding hydrogens is 342 g/mol. The fourth-order valence-corrected chi connectivity index (χ4v) is 2.52. The van der Waals surface area contributed by atoms with Crippen LogP contribution in [0.15, 0.2) is 66.9 Å². The summed E-state index contributed by atoms with van der Waals surface area (Å²) in [5.74, 6) is -0.126. The second-order valence-corrected chi connectivity index (χ2v) is 5.58. The number of anilines is 1. The van der Waals surface area contributed by atoms with E-state index < -0.39 is 10.8 Å². The van der Waals surface area contributed by atoms with E-state index in [4.69, 9.17) is 11.6 Å². The average molecular weight is 354 g/mol. The average Bonchev–Trinajstić information content (AvgIpc) is 2.62. The van der Waals surface area contributed by atoms with Crippen LogP contribution in [0.25, 0.3) is 11.1 Å². The second-order valence-electron chi connectivity index (χ2n) is 5.17. The number of benzene rings is 2. The van der Waals surface area contributed by atoms with Gasteiger partial charge in [0.25, 0.3) is 11.6 Å². The van der Waals surface area contributed by atoms with E-state index in [0.717, 1.165) is 17.2 Å². The molecular formula is C18H12ClN3O3. The Morgan fingerprint density at radius 1 is 1.04 bits per heavy atom. The number of carbonyl (C=O) groups excluding carboxylic acids is 1. The van der Waals surface area contributed by atoms with Crippen LogP contribution >= 0.6 is 11.6 Å². The molecule has 3 aromatic rings. The Balaban J connectivity index is 1.76. The van der Waals surface area contributed by atoms with Gasteiger partial charge in [0.2, 0.25) is 0 Å². The molecule has 0 aliphatic rings. The van der Waals surface area contributed by atoms with Crippen molar-refractivity contribution in [3.63, 3.8) is 0 Å². The highest BCUT2D eigenvalue weighted by atomic mass is 35.5. The van der Waals surface area contributed by atoms with Crippen molar-refractivity contribution in [3.8, 4) is 11.1 Å². The summed E-state index contributed by atoms with van der Waals surface area (Å²) in [5, 5.41) is 13.3. The van der Waals surface area contributed by atoms with Gasteiger partial charge >= 0.3 is 0 Å². The van der Waals surface area contributed by atoms with Crippen LogP contribution in [0.5, 0.6) is 0 Å². The van der Waals surface area contributed by atoms with E-state index in [1.54, 1.807) is 12.3 Å². The molecule has 25 heavy (non-hydrogen) atoms. The molecule has 0 bridgehead atoms. The first-order chi connectivity index (χ1) is 12.0. The van der Waals surface area contributed by atoms with Gasteiger partial charge < -0.3 is 5.32 Å². The Hall–Kier alpha value is -3.25. The summed E-state index contributed by atoms with van der Waals surface area (Å²) in [4.78, 5) is 26.6. The predicted octanol–water partition coefficient (Wildman–Crippen LogP) is 4.56. The third-order valence-electron chi connectivity index (χ3n) is 3.52. The molecule has 0 fully saturated rings. The van der Waals surface area contributed by atoms with E-state index in [9.17, 15) is 14.9 Å². The quantitative estimate of drug-likeness (QED) is 0.550. The molecule has 1 heterocycles. The highest BCUT2D eigenvalue weighted by Gasteiger charge is 2.15. The van der Waals surface area contributed by atoms with Crippen LogP contribution in [-0.2, 0) is 0 Å². The van der Waals surface area contributed by atoms with Crippen LogP contribution in [0, 0.1) is 10.1 Å². The molecule has 0 spiro atoms. The van der Waals surface area contributed by atoms with Gasteiger partial charge in [-0.2, -0.15) is 0 Å². The lowest BCUT2D eigenvalue weighted by Gasteiger charge is -2.07. The van der Waals surface area contributed by atoms with Gasteiger partial charge in [-0.15, -0.1) is 0 Å². The molecule has 7 heteroatoms. The van der Waals surface area contributed by atoms with Crippen molar-refractivity contribution in [2.75, 3.05) is 5.32 Å². The fourth-order valence-electron chi connectivity index (χ4n) is 2.25. The van der Waals surface area contributed by atoms with Crippen LogP contribution < -0.4 is 5.32 Å². The number of pyridine rings is 1. The lowest BCUT2D eigenvalue weighted by atomic mass is 10.1. The van der Waals surface area contributed by atoms with E-state index in [2.05, 4.69) is 10.3 Å². The normalized spacial score (nSPS) is 10.3. The minimum atomic E-state index is -0.572. The van der Waals surface area contributed by atoms with Crippen molar-refractivity contribution in [3.05, 3.63) is 87.6 Å². The highest BCUT2D eigenvalue weighted by Crippen LogP contribution is 2.24. The third-order valence-corrected chi connectivity index (χ3v) is 3.83. The second kappa shape index (κ2) is 7.11. The summed E-state index contributed by atoms with van der Waals surface area (Å²) in [6.07, 6.45) is 1.66. The topological polar surface area (TPSA) is 85.1 Å². The minimum Gasteiger partial charge on any atom is -0.307 e. The highest BCUT2D eigenvalue weighted by molar-refractivity contribution is 6.34. The van der Waals surface area contributed by atoms with E-state index in [1.807, 2.05) is 36.4 Å². The molecule has 1 N–H and O–H groups in total. The van der Waals surface area contributed by atoms with E-state index in [1.165, 1.54) is 12.1 Å². The SMILES string of the molecule is O=C(Nc1ccc(-c2ccccc2)cn1)c1ccc([N+](=O)[O-])cc1Cl. The van der Waals surface area contributed by atoms with Gasteiger partial charge in [-0.25, -0.2) is 4.98 Å². The van der Waals surface area contributed by atoms with Gasteiger partial charge in [0.15, 0.2) is 0 Å². The molecule has 6 nitrogen and oxygen atoms in total. The number of nitrogens with one attached hydrogen (secondary N) is 1. The predicted molar refractivity (Wildman–Crippen MR) is 95.7 cm³/mol. The zero-order valence-corrected chi connectivity index (χ0v) is 13.6. The van der Waals surface area contributed by atoms with Crippen molar-refractivity contribution in [2.45, 2.75) is 0 Å². The van der Waals surface area contributed by atoms with Crippen molar-refractivity contribution in [2.24, 2.45) is 0 Å². The van der Waals surface area contributed by atoms with Crippen molar-refractivity contribution in [1.29, 1.82) is 0 Å². The monoisotopic (exact) mass is 353 g/mol. The number of hydrogen-bond acceptors (Lipinski definition) is 4. The number of nitrogens with zero attached hydrogens (tertiary/aromatic N) is 2. The third kappa shape index (κ3) is 3.81. The van der Waals surface area contributed by atoms with Crippen LogP contribution in [0.3, 0.4) is 0 Å². The van der Waals surface area contributed by atoms with Crippen molar-refractivity contribution < 1.29 is 9.72 Å². The molecule has 0 unspecified atom stereocenters. The summed E-state index contributed by atoms with van der Waals surface area (Å²) in [7, 11) is 0. The summed E-state index contributed by atoms with van der Waals surface area (Å²) in [6.45, 7) is 0. The summed E-state index contributed by atoms with van der Waals surface area (Å²) in [6, 6.07) is 16.9. The number of hydrogen-bond donors (Lipinski definition) is 1. The lowest BCUT2D eigenvalue weighted by molar-refractivity contribution is -0.384. The summed E-state index contributed by atoms with van der Waals surface area (Å²) < 4.78 is 0. The van der Waals surface area contributed by atoms with Crippen molar-refractivity contribution >= 4 is 29.0 Å². The maximum atomic E-state index is 12.3. The number of aromatic nitrogens is 1. The first-order valence-electron chi connectivity index (χ1n) is 7.31. The zero-order chi connectivity index (χ0) is 17.8. The van der Waals surface area contributed by atoms with Crippen LogP contribution in [0.1, 0.15) is 10.4 Å². The van der Waals surface area contributed by atoms with E-state index >= 15 is 0 Å². The standard InChI is InChI=1S/C18H12ClN3O3/c19-16-10-14(22(24)25)7-8-15(16)18(23)21-17-9-6-13(11-20-17)12-4-2-1-3-5-12/h1-11H,(H,20,21,23). The molecule has 1 amide bonds. The Kier molecular flexibility index (Phi) is 4.72. The molecule has 0 aliphatic heterocycles. The van der Waals surface area contributed by atoms with Crippen LogP contribution in [-0.4, -0.2) is 15.8 Å². The number of nitro groups is 1. The number of non-ortho nitro benzene ring substituents is 1. The first-order valence-corrected chi connectivity index (χ1v) is 7.69. The van der Waals surface area contributed by atoms with Gasteiger partial charge in [0.05, 0.1) is 15.5 Å². The maximum absolute atomic E-state index is 12.3. The lowest BCUT2D eigenvalue weighted by Crippen LogP contribution is -2.13. The van der Waals surface area contributed by atoms with Gasteiger partial charge in [0, 0.05) is 23.9 Å². The molecule has 1 aromatic heterocycles. The Morgan fingerprint density at radius 3 is 2.40 bits per heavy atom. The molecule has 0 aliphatic carbocycles. The smallest absolute Gasteiger partial charge is 0.270 e. The molecule has 0 saturated carbocycles. The molecule has 2 aromatic carbocycles. The van der Waals surface area contributed by atoms with Crippen molar-refractivity contribution in [1.82, 2.24) is 4.98 Å². The minimum absolute atomic E-state index is 0.00704. The molecule has 0 radical (unpaired) electrons. The summed E-state index contributed by atoms with van der Waals surface area (Å²) >= 11 is 5.95. The Labute approximate surface area is 148 Å². The van der Waals surface area contributed by atoms with Gasteiger partial charge in [-0.05, 0) is 23.8 Å². The van der Waals surface area contributed by atoms with Gasteiger partial charge in [-0.1, -0.05) is 41.9 Å². The van der Waals surface area contributed by atoms with Crippen LogP contribution in [0.4, 0.5) is 11.5 Å². The largest absolute Gasteiger partial charge is 0.307 e. The molecule has 0 saturated heterocycles. The zero-order valence-electron chi connectivity index (χ0n) is 12.8. The van der Waals surface area contributed by atoms with E-state index in [0.29, 0.717) is 5.82 Å². The maximum Gasteiger partial charge on any atom is 0.270 e. The van der Waals surface area contributed by atoms with E-state index in [-0.39, 0.29) is 16.3 Å². The molecule has 124 valence electrons. The van der Waals surface area contributed by atoms with Crippen LogP contribution in [0.2, 0.25) is 5.02 Å². The Morgan fingerprint density at radius 2 is 1.80 bits per heavy atom. The number of amides is 1. The first kappa shape index (κ1) is 16.6. The Bertz CT molecular complexity index is 928. The molecule has 3 rings (SSSR count). The molecule has 0 atom stereocenters. The number of nitro benzene ring substituents is 1. The summed E-state index contributed by atoms with van der Waals surface area (Å²) in [5.41, 5.74) is 1.91.